The highest BCUT2D eigenvalue weighted by atomic mass is 16.6. The third-order valence-electron chi connectivity index (χ3n) is 3.69. The van der Waals surface area contributed by atoms with Crippen LogP contribution in [0.1, 0.15) is 38.2 Å². The number of anilines is 1. The van der Waals surface area contributed by atoms with E-state index in [4.69, 9.17) is 10.00 Å². The molecule has 0 aromatic heterocycles. The zero-order valence-corrected chi connectivity index (χ0v) is 12.2. The summed E-state index contributed by atoms with van der Waals surface area (Å²) >= 11 is 0. The maximum absolute atomic E-state index is 11.1. The number of esters is 1. The maximum atomic E-state index is 11.1. The van der Waals surface area contributed by atoms with Gasteiger partial charge in [-0.2, -0.15) is 5.26 Å². The van der Waals surface area contributed by atoms with Gasteiger partial charge in [-0.15, -0.1) is 0 Å². The molecule has 0 saturated heterocycles. The number of nitriles is 1. The smallest absolute Gasteiger partial charge is 0.302 e. The molecule has 0 unspecified atom stereocenters. The number of hydrogen-bond donors (Lipinski definition) is 1. The van der Waals surface area contributed by atoms with Crippen molar-refractivity contribution < 1.29 is 14.5 Å². The van der Waals surface area contributed by atoms with Gasteiger partial charge in [-0.1, -0.05) is 0 Å². The first-order valence-electron chi connectivity index (χ1n) is 7.12. The average Bonchev–Trinajstić information content (AvgIpc) is 2.49. The Morgan fingerprint density at radius 2 is 2.09 bits per heavy atom. The summed E-state index contributed by atoms with van der Waals surface area (Å²) in [4.78, 5) is 21.5. The minimum Gasteiger partial charge on any atom is -0.463 e. The average molecular weight is 303 g/mol. The molecule has 1 aromatic carbocycles. The lowest BCUT2D eigenvalue weighted by Crippen LogP contribution is -2.30. The van der Waals surface area contributed by atoms with Crippen molar-refractivity contribution in [3.8, 4) is 6.07 Å². The Morgan fingerprint density at radius 1 is 1.41 bits per heavy atom. The number of nitro benzene ring substituents is 1. The molecule has 0 bridgehead atoms. The highest BCUT2D eigenvalue weighted by Gasteiger charge is 2.25. The molecule has 0 aliphatic heterocycles. The standard InChI is InChI=1S/C15H17N3O4/c1-10(19)22-13-5-3-12(4-6-13)17-14-7-2-11(9-16)8-15(14)18(20)21/h2,7-8,12-13,17H,3-6H2,1H3/t12-,13-. The van der Waals surface area contributed by atoms with Crippen LogP contribution >= 0.6 is 0 Å². The number of hydrogen-bond acceptors (Lipinski definition) is 6. The molecule has 22 heavy (non-hydrogen) atoms. The van der Waals surface area contributed by atoms with Crippen molar-refractivity contribution in [3.63, 3.8) is 0 Å². The summed E-state index contributed by atoms with van der Waals surface area (Å²) in [6, 6.07) is 6.38. The van der Waals surface area contributed by atoms with Gasteiger partial charge < -0.3 is 10.1 Å². The molecule has 2 rings (SSSR count). The van der Waals surface area contributed by atoms with Gasteiger partial charge in [0.2, 0.25) is 0 Å². The maximum Gasteiger partial charge on any atom is 0.302 e. The van der Waals surface area contributed by atoms with Gasteiger partial charge in [0.1, 0.15) is 11.8 Å². The Morgan fingerprint density at radius 3 is 2.64 bits per heavy atom. The molecule has 1 aliphatic rings. The Bertz CT molecular complexity index is 616. The van der Waals surface area contributed by atoms with E-state index in [0.717, 1.165) is 25.7 Å². The lowest BCUT2D eigenvalue weighted by Gasteiger charge is -2.29. The number of nitro groups is 1. The monoisotopic (exact) mass is 303 g/mol. The van der Waals surface area contributed by atoms with E-state index >= 15 is 0 Å². The van der Waals surface area contributed by atoms with Gasteiger partial charge in [-0.3, -0.25) is 14.9 Å². The van der Waals surface area contributed by atoms with Gasteiger partial charge in [-0.05, 0) is 37.8 Å². The lowest BCUT2D eigenvalue weighted by atomic mass is 9.92. The van der Waals surface area contributed by atoms with Crippen molar-refractivity contribution in [1.82, 2.24) is 0 Å². The van der Waals surface area contributed by atoms with Crippen molar-refractivity contribution in [1.29, 1.82) is 5.26 Å². The predicted molar refractivity (Wildman–Crippen MR) is 79.2 cm³/mol. The number of nitrogens with zero attached hydrogens (tertiary/aromatic N) is 2. The van der Waals surface area contributed by atoms with Crippen molar-refractivity contribution in [2.45, 2.75) is 44.8 Å². The van der Waals surface area contributed by atoms with Gasteiger partial charge >= 0.3 is 5.97 Å². The zero-order valence-electron chi connectivity index (χ0n) is 12.2. The molecule has 0 radical (unpaired) electrons. The Hall–Kier alpha value is -2.62. The zero-order chi connectivity index (χ0) is 16.1. The Labute approximate surface area is 128 Å². The van der Waals surface area contributed by atoms with Gasteiger partial charge in [0.25, 0.3) is 5.69 Å². The topological polar surface area (TPSA) is 105 Å². The van der Waals surface area contributed by atoms with Crippen molar-refractivity contribution in [3.05, 3.63) is 33.9 Å². The van der Waals surface area contributed by atoms with E-state index in [0.29, 0.717) is 5.69 Å². The van der Waals surface area contributed by atoms with Gasteiger partial charge in [0.05, 0.1) is 16.6 Å². The van der Waals surface area contributed by atoms with Gasteiger partial charge in [-0.25, -0.2) is 0 Å². The van der Waals surface area contributed by atoms with E-state index in [2.05, 4.69) is 5.32 Å². The Kier molecular flexibility index (Phi) is 4.94. The van der Waals surface area contributed by atoms with Gasteiger partial charge in [0, 0.05) is 19.0 Å². The summed E-state index contributed by atoms with van der Waals surface area (Å²) in [6.45, 7) is 1.39. The first-order valence-corrected chi connectivity index (χ1v) is 7.12. The summed E-state index contributed by atoms with van der Waals surface area (Å²) in [5.74, 6) is -0.279. The molecular weight excluding hydrogens is 286 g/mol. The van der Waals surface area contributed by atoms with E-state index in [1.807, 2.05) is 6.07 Å². The van der Waals surface area contributed by atoms with Crippen LogP contribution in [0.5, 0.6) is 0 Å². The van der Waals surface area contributed by atoms with E-state index in [1.54, 1.807) is 12.1 Å². The molecule has 0 amide bonds. The van der Waals surface area contributed by atoms with Crippen LogP contribution in [0, 0.1) is 21.4 Å². The molecule has 116 valence electrons. The first-order chi connectivity index (χ1) is 10.5. The quantitative estimate of drug-likeness (QED) is 0.521. The van der Waals surface area contributed by atoms with E-state index in [9.17, 15) is 14.9 Å². The fraction of sp³-hybridized carbons (Fsp3) is 0.467. The summed E-state index contributed by atoms with van der Waals surface area (Å²) in [7, 11) is 0. The minimum absolute atomic E-state index is 0.0634. The minimum atomic E-state index is -0.492. The second-order valence-electron chi connectivity index (χ2n) is 5.33. The number of ether oxygens (including phenoxy) is 1. The molecule has 0 heterocycles. The van der Waals surface area contributed by atoms with Crippen molar-refractivity contribution >= 4 is 17.3 Å². The third-order valence-corrected chi connectivity index (χ3v) is 3.69. The van der Waals surface area contributed by atoms with E-state index < -0.39 is 4.92 Å². The predicted octanol–water partition coefficient (Wildman–Crippen LogP) is 2.75. The molecular formula is C15H17N3O4. The van der Waals surface area contributed by atoms with Crippen LogP contribution in [0.4, 0.5) is 11.4 Å². The number of benzene rings is 1. The Balaban J connectivity index is 2.02. The first kappa shape index (κ1) is 15.8. The van der Waals surface area contributed by atoms with E-state index in [1.165, 1.54) is 13.0 Å². The second-order valence-corrected chi connectivity index (χ2v) is 5.33. The highest BCUT2D eigenvalue weighted by molar-refractivity contribution is 5.66. The van der Waals surface area contributed by atoms with Crippen LogP contribution in [-0.4, -0.2) is 23.0 Å². The van der Waals surface area contributed by atoms with Crippen LogP contribution in [0.15, 0.2) is 18.2 Å². The summed E-state index contributed by atoms with van der Waals surface area (Å²) in [6.07, 6.45) is 2.96. The molecule has 1 saturated carbocycles. The SMILES string of the molecule is CC(=O)O[C@H]1CC[C@H](Nc2ccc(C#N)cc2[N+](=O)[O-])CC1. The van der Waals surface area contributed by atoms with Crippen LogP contribution in [-0.2, 0) is 9.53 Å². The summed E-state index contributed by atoms with van der Waals surface area (Å²) in [5.41, 5.74) is 0.580. The molecule has 7 nitrogen and oxygen atoms in total. The highest BCUT2D eigenvalue weighted by Crippen LogP contribution is 2.30. The van der Waals surface area contributed by atoms with Crippen molar-refractivity contribution in [2.75, 3.05) is 5.32 Å². The van der Waals surface area contributed by atoms with Crippen LogP contribution in [0.3, 0.4) is 0 Å². The van der Waals surface area contributed by atoms with E-state index in [-0.39, 0.29) is 29.4 Å². The molecule has 1 aliphatic carbocycles. The fourth-order valence-corrected chi connectivity index (χ4v) is 2.65. The number of carbonyl (C=O) groups is 1. The summed E-state index contributed by atoms with van der Waals surface area (Å²) in [5, 5.41) is 23.1. The lowest BCUT2D eigenvalue weighted by molar-refractivity contribution is -0.384. The largest absolute Gasteiger partial charge is 0.463 e. The van der Waals surface area contributed by atoms with Crippen LogP contribution in [0.2, 0.25) is 0 Å². The molecule has 0 spiro atoms. The molecule has 1 aromatic rings. The van der Waals surface area contributed by atoms with Gasteiger partial charge in [0.15, 0.2) is 0 Å². The molecule has 0 atom stereocenters. The second kappa shape index (κ2) is 6.89. The number of nitrogens with one attached hydrogen (secondary N) is 1. The molecule has 1 fully saturated rings. The van der Waals surface area contributed by atoms with Crippen LogP contribution in [0.25, 0.3) is 0 Å². The van der Waals surface area contributed by atoms with Crippen LogP contribution < -0.4 is 5.32 Å². The molecule has 7 heteroatoms. The number of carbonyl (C=O) groups excluding carboxylic acids is 1. The summed E-state index contributed by atoms with van der Waals surface area (Å²) < 4.78 is 5.17. The number of rotatable bonds is 4. The normalized spacial score (nSPS) is 20.7. The molecule has 1 N–H and O–H groups in total. The third kappa shape index (κ3) is 3.95. The fourth-order valence-electron chi connectivity index (χ4n) is 2.65. The van der Waals surface area contributed by atoms with Crippen molar-refractivity contribution in [2.24, 2.45) is 0 Å².